The molecule has 0 saturated carbocycles. The van der Waals surface area contributed by atoms with Crippen molar-refractivity contribution in [2.24, 2.45) is 0 Å². The molecule has 0 fully saturated rings. The van der Waals surface area contributed by atoms with Crippen LogP contribution in [0.4, 0.5) is 0 Å². The Morgan fingerprint density at radius 1 is 1.55 bits per heavy atom. The summed E-state index contributed by atoms with van der Waals surface area (Å²) in [4.78, 5) is 0. The first-order valence-electron chi connectivity index (χ1n) is 3.43. The fourth-order valence-electron chi connectivity index (χ4n) is 0.959. The predicted octanol–water partition coefficient (Wildman–Crippen LogP) is 1.62. The Kier molecular flexibility index (Phi) is 2.67. The lowest BCUT2D eigenvalue weighted by atomic mass is 10.1. The maximum absolute atomic E-state index is 9.36. The van der Waals surface area contributed by atoms with Crippen LogP contribution in [0.15, 0.2) is 30.9 Å². The molecule has 0 heterocycles. The molecule has 0 radical (unpaired) electrons. The van der Waals surface area contributed by atoms with Crippen molar-refractivity contribution < 1.29 is 5.11 Å². The maximum Gasteiger partial charge on any atom is 0.119 e. The molecule has 1 rings (SSSR count). The second kappa shape index (κ2) is 3.54. The van der Waals surface area contributed by atoms with E-state index in [-0.39, 0.29) is 0 Å². The van der Waals surface area contributed by atoms with Crippen LogP contribution in [-0.2, 0) is 6.42 Å². The Labute approximate surface area is 69.0 Å². The van der Waals surface area contributed by atoms with Gasteiger partial charge in [0.1, 0.15) is 5.75 Å². The first-order chi connectivity index (χ1) is 5.25. The molecule has 0 saturated heterocycles. The third-order valence-corrected chi connectivity index (χ3v) is 2.08. The Bertz CT molecular complexity index is 248. The van der Waals surface area contributed by atoms with E-state index in [2.05, 4.69) is 15.8 Å². The van der Waals surface area contributed by atoms with Crippen molar-refractivity contribution in [2.45, 2.75) is 6.42 Å². The van der Waals surface area contributed by atoms with Crippen molar-refractivity contribution in [1.29, 1.82) is 0 Å². The molecule has 1 nitrogen and oxygen atoms in total. The lowest BCUT2D eigenvalue weighted by molar-refractivity contribution is 0.470. The monoisotopic (exact) mass is 166 g/mol. The van der Waals surface area contributed by atoms with Gasteiger partial charge >= 0.3 is 0 Å². The van der Waals surface area contributed by atoms with Crippen molar-refractivity contribution in [3.8, 4) is 5.75 Å². The fourth-order valence-corrected chi connectivity index (χ4v) is 1.34. The highest BCUT2D eigenvalue weighted by Crippen LogP contribution is 2.16. The van der Waals surface area contributed by atoms with Crippen LogP contribution in [0, 0.1) is 0 Å². The van der Waals surface area contributed by atoms with Gasteiger partial charge in [0.05, 0.1) is 0 Å². The fraction of sp³-hybridized carbons (Fsp3) is 0.111. The molecule has 1 atom stereocenters. The van der Waals surface area contributed by atoms with E-state index < -0.39 is 0 Å². The number of hydrogen-bond donors (Lipinski definition) is 1. The number of hydrogen-bond acceptors (Lipinski definition) is 1. The highest BCUT2D eigenvalue weighted by Gasteiger charge is 2.00. The molecule has 1 unspecified atom stereocenters. The molecule has 0 aromatic heterocycles. The second-order valence-corrected chi connectivity index (χ2v) is 2.96. The molecule has 0 spiro atoms. The molecule has 2 heteroatoms. The summed E-state index contributed by atoms with van der Waals surface area (Å²) in [5.74, 6) is 0.345. The molecule has 1 aromatic carbocycles. The lowest BCUT2D eigenvalue weighted by Crippen LogP contribution is -1.99. The quantitative estimate of drug-likeness (QED) is 0.523. The molecule has 0 aliphatic rings. The van der Waals surface area contributed by atoms with Gasteiger partial charge in [0, 0.05) is 5.56 Å². The lowest BCUT2D eigenvalue weighted by Gasteiger charge is -2.03. The Balaban J connectivity index is 3.09. The van der Waals surface area contributed by atoms with Crippen LogP contribution >= 0.6 is 9.24 Å². The summed E-state index contributed by atoms with van der Waals surface area (Å²) in [6.07, 6.45) is 2.49. The van der Waals surface area contributed by atoms with Gasteiger partial charge < -0.3 is 5.11 Å². The van der Waals surface area contributed by atoms with Crippen LogP contribution in [0.3, 0.4) is 0 Å². The molecule has 0 bridgehead atoms. The van der Waals surface area contributed by atoms with Gasteiger partial charge in [-0.25, -0.2) is 0 Å². The SMILES string of the molecule is C=CCc1c(O)cccc1P. The van der Waals surface area contributed by atoms with Crippen molar-refractivity contribution >= 4 is 14.5 Å². The van der Waals surface area contributed by atoms with E-state index in [1.807, 2.05) is 12.1 Å². The van der Waals surface area contributed by atoms with Gasteiger partial charge in [0.2, 0.25) is 0 Å². The van der Waals surface area contributed by atoms with E-state index in [0.29, 0.717) is 12.2 Å². The van der Waals surface area contributed by atoms with Gasteiger partial charge in [0.25, 0.3) is 0 Å². The summed E-state index contributed by atoms with van der Waals surface area (Å²) in [5, 5.41) is 10.4. The van der Waals surface area contributed by atoms with E-state index >= 15 is 0 Å². The smallest absolute Gasteiger partial charge is 0.119 e. The minimum absolute atomic E-state index is 0.345. The van der Waals surface area contributed by atoms with E-state index in [1.54, 1.807) is 12.1 Å². The van der Waals surface area contributed by atoms with Gasteiger partial charge in [-0.05, 0) is 17.8 Å². The average Bonchev–Trinajstić information content (AvgIpc) is 1.97. The number of benzene rings is 1. The summed E-state index contributed by atoms with van der Waals surface area (Å²) in [6, 6.07) is 5.46. The minimum Gasteiger partial charge on any atom is -0.508 e. The van der Waals surface area contributed by atoms with E-state index in [4.69, 9.17) is 0 Å². The zero-order valence-corrected chi connectivity index (χ0v) is 7.40. The largest absolute Gasteiger partial charge is 0.508 e. The van der Waals surface area contributed by atoms with Crippen molar-refractivity contribution in [3.05, 3.63) is 36.4 Å². The van der Waals surface area contributed by atoms with Crippen LogP contribution in [0.1, 0.15) is 5.56 Å². The maximum atomic E-state index is 9.36. The zero-order chi connectivity index (χ0) is 8.27. The molecule has 0 aliphatic carbocycles. The van der Waals surface area contributed by atoms with Gasteiger partial charge in [-0.2, -0.15) is 0 Å². The Morgan fingerprint density at radius 2 is 2.27 bits per heavy atom. The van der Waals surface area contributed by atoms with Crippen molar-refractivity contribution in [1.82, 2.24) is 0 Å². The molecule has 0 amide bonds. The summed E-state index contributed by atoms with van der Waals surface area (Å²) in [5.41, 5.74) is 0.938. The summed E-state index contributed by atoms with van der Waals surface area (Å²) in [7, 11) is 2.59. The predicted molar refractivity (Wildman–Crippen MR) is 51.4 cm³/mol. The highest BCUT2D eigenvalue weighted by atomic mass is 31.0. The van der Waals surface area contributed by atoms with E-state index in [9.17, 15) is 5.11 Å². The first kappa shape index (κ1) is 8.29. The van der Waals surface area contributed by atoms with E-state index in [0.717, 1.165) is 10.9 Å². The highest BCUT2D eigenvalue weighted by molar-refractivity contribution is 7.27. The van der Waals surface area contributed by atoms with E-state index in [1.165, 1.54) is 0 Å². The summed E-state index contributed by atoms with van der Waals surface area (Å²) in [6.45, 7) is 3.62. The van der Waals surface area contributed by atoms with Crippen LogP contribution in [0.2, 0.25) is 0 Å². The molecular weight excluding hydrogens is 155 g/mol. The van der Waals surface area contributed by atoms with Crippen LogP contribution in [0.5, 0.6) is 5.75 Å². The molecular formula is C9H11OP. The van der Waals surface area contributed by atoms with Gasteiger partial charge in [0.15, 0.2) is 0 Å². The molecule has 1 aromatic rings. The Morgan fingerprint density at radius 3 is 2.82 bits per heavy atom. The van der Waals surface area contributed by atoms with Crippen molar-refractivity contribution in [3.63, 3.8) is 0 Å². The Hall–Kier alpha value is -0.810. The number of aromatic hydroxyl groups is 1. The van der Waals surface area contributed by atoms with Gasteiger partial charge in [-0.15, -0.1) is 15.8 Å². The van der Waals surface area contributed by atoms with Crippen LogP contribution in [-0.4, -0.2) is 5.11 Å². The van der Waals surface area contributed by atoms with Crippen LogP contribution < -0.4 is 5.30 Å². The summed E-state index contributed by atoms with van der Waals surface area (Å²) >= 11 is 0. The minimum atomic E-state index is 0.345. The number of allylic oxidation sites excluding steroid dienone is 1. The molecule has 1 N–H and O–H groups in total. The molecule has 58 valence electrons. The standard InChI is InChI=1S/C9H11OP/c1-2-4-7-8(10)5-3-6-9(7)11/h2-3,5-6,10H,1,4,11H2. The molecule has 0 aliphatic heterocycles. The third-order valence-electron chi connectivity index (χ3n) is 1.54. The summed E-state index contributed by atoms with van der Waals surface area (Å²) < 4.78 is 0. The molecule has 11 heavy (non-hydrogen) atoms. The number of rotatable bonds is 2. The number of phenols is 1. The third kappa shape index (κ3) is 1.81. The van der Waals surface area contributed by atoms with Crippen molar-refractivity contribution in [2.75, 3.05) is 0 Å². The average molecular weight is 166 g/mol. The topological polar surface area (TPSA) is 20.2 Å². The normalized spacial score (nSPS) is 9.55. The second-order valence-electron chi connectivity index (χ2n) is 2.34. The van der Waals surface area contributed by atoms with Crippen LogP contribution in [0.25, 0.3) is 0 Å². The first-order valence-corrected chi connectivity index (χ1v) is 4.00. The van der Waals surface area contributed by atoms with Gasteiger partial charge in [-0.1, -0.05) is 18.2 Å². The zero-order valence-electron chi connectivity index (χ0n) is 6.25. The van der Waals surface area contributed by atoms with Gasteiger partial charge in [-0.3, -0.25) is 0 Å². The number of phenolic OH excluding ortho intramolecular Hbond substituents is 1.